The molecule has 4 nitrogen and oxygen atoms in total. The fourth-order valence-electron chi connectivity index (χ4n) is 2.40. The van der Waals surface area contributed by atoms with Gasteiger partial charge in [-0.15, -0.1) is 0 Å². The third-order valence-corrected chi connectivity index (χ3v) is 3.63. The smallest absolute Gasteiger partial charge is 0.229 e. The van der Waals surface area contributed by atoms with Gasteiger partial charge in [0.1, 0.15) is 5.82 Å². The predicted molar refractivity (Wildman–Crippen MR) is 90.0 cm³/mol. The topological polar surface area (TPSA) is 46.9 Å². The van der Waals surface area contributed by atoms with Crippen LogP contribution in [0.2, 0.25) is 0 Å². The maximum absolute atomic E-state index is 12.2. The first-order valence-electron chi connectivity index (χ1n) is 8.01. The predicted octanol–water partition coefficient (Wildman–Crippen LogP) is 3.99. The molecule has 1 amide bonds. The van der Waals surface area contributed by atoms with Crippen molar-refractivity contribution < 1.29 is 4.79 Å². The first-order chi connectivity index (χ1) is 10.6. The lowest BCUT2D eigenvalue weighted by Gasteiger charge is -2.12. The fourth-order valence-corrected chi connectivity index (χ4v) is 2.40. The van der Waals surface area contributed by atoms with Gasteiger partial charge < -0.3 is 5.32 Å². The van der Waals surface area contributed by atoms with E-state index >= 15 is 0 Å². The Morgan fingerprint density at radius 3 is 2.50 bits per heavy atom. The third kappa shape index (κ3) is 4.45. The molecule has 0 unspecified atom stereocenters. The molecule has 0 bridgehead atoms. The normalized spacial score (nSPS) is 10.9. The van der Waals surface area contributed by atoms with Gasteiger partial charge in [-0.05, 0) is 37.8 Å². The molecule has 4 heteroatoms. The molecule has 0 radical (unpaired) electrons. The summed E-state index contributed by atoms with van der Waals surface area (Å²) in [5.74, 6) is 0.739. The van der Waals surface area contributed by atoms with Crippen LogP contribution >= 0.6 is 0 Å². The first kappa shape index (κ1) is 16.3. The first-order valence-corrected chi connectivity index (χ1v) is 8.01. The average molecular weight is 299 g/mol. The molecule has 1 N–H and O–H groups in total. The van der Waals surface area contributed by atoms with Gasteiger partial charge in [-0.25, -0.2) is 4.68 Å². The zero-order chi connectivity index (χ0) is 15.9. The van der Waals surface area contributed by atoms with Crippen LogP contribution in [0.25, 0.3) is 0 Å². The summed E-state index contributed by atoms with van der Waals surface area (Å²) in [6.45, 7) is 6.27. The number of nitrogens with zero attached hydrogens (tertiary/aromatic N) is 2. The monoisotopic (exact) mass is 299 g/mol. The molecular weight excluding hydrogens is 274 g/mol. The summed E-state index contributed by atoms with van der Waals surface area (Å²) in [5.41, 5.74) is 2.37. The number of anilines is 1. The van der Waals surface area contributed by atoms with Crippen LogP contribution in [0.4, 0.5) is 5.82 Å². The van der Waals surface area contributed by atoms with E-state index in [2.05, 4.69) is 29.5 Å². The van der Waals surface area contributed by atoms with Crippen LogP contribution < -0.4 is 5.32 Å². The zero-order valence-corrected chi connectivity index (χ0v) is 13.7. The molecule has 1 heterocycles. The Kier molecular flexibility index (Phi) is 5.75. The van der Waals surface area contributed by atoms with Gasteiger partial charge in [0.05, 0.1) is 12.6 Å². The van der Waals surface area contributed by atoms with Crippen LogP contribution in [-0.2, 0) is 17.6 Å². The molecule has 0 saturated carbocycles. The molecule has 2 aromatic rings. The quantitative estimate of drug-likeness (QED) is 0.840. The van der Waals surface area contributed by atoms with Crippen molar-refractivity contribution in [3.63, 3.8) is 0 Å². The van der Waals surface area contributed by atoms with Gasteiger partial charge in [-0.1, -0.05) is 37.6 Å². The minimum Gasteiger partial charge on any atom is -0.311 e. The van der Waals surface area contributed by atoms with Crippen molar-refractivity contribution >= 4 is 11.7 Å². The van der Waals surface area contributed by atoms with Gasteiger partial charge >= 0.3 is 0 Å². The number of benzene rings is 1. The van der Waals surface area contributed by atoms with Crippen LogP contribution in [0.5, 0.6) is 0 Å². The maximum atomic E-state index is 12.2. The van der Waals surface area contributed by atoms with E-state index in [9.17, 15) is 4.79 Å². The van der Waals surface area contributed by atoms with Gasteiger partial charge in [0.15, 0.2) is 0 Å². The zero-order valence-electron chi connectivity index (χ0n) is 13.7. The Bertz CT molecular complexity index is 599. The Hall–Kier alpha value is -2.10. The molecular formula is C18H25N3O. The molecule has 0 fully saturated rings. The summed E-state index contributed by atoms with van der Waals surface area (Å²) in [6.07, 6.45) is 5.61. The number of aromatic nitrogens is 2. The molecule has 2 rings (SSSR count). The number of amides is 1. The standard InChI is InChI=1S/C18H25N3O/c1-4-5-6-15-7-9-16(10-8-15)13-18(22)20-17-11-12-19-21(17)14(2)3/h7-12,14H,4-6,13H2,1-3H3,(H,20,22). The lowest BCUT2D eigenvalue weighted by atomic mass is 10.0. The minimum atomic E-state index is -0.0105. The summed E-state index contributed by atoms with van der Waals surface area (Å²) >= 11 is 0. The molecule has 0 atom stereocenters. The number of aryl methyl sites for hydroxylation is 1. The molecule has 1 aromatic carbocycles. The van der Waals surface area contributed by atoms with Gasteiger partial charge in [-0.2, -0.15) is 5.10 Å². The Balaban J connectivity index is 1.93. The molecule has 22 heavy (non-hydrogen) atoms. The van der Waals surface area contributed by atoms with Crippen molar-refractivity contribution in [2.45, 2.75) is 52.5 Å². The van der Waals surface area contributed by atoms with Crippen LogP contribution in [0.15, 0.2) is 36.5 Å². The number of carbonyl (C=O) groups excluding carboxylic acids is 1. The van der Waals surface area contributed by atoms with Crippen molar-refractivity contribution in [2.24, 2.45) is 0 Å². The molecule has 0 aliphatic rings. The fraction of sp³-hybridized carbons (Fsp3) is 0.444. The van der Waals surface area contributed by atoms with E-state index in [0.29, 0.717) is 6.42 Å². The average Bonchev–Trinajstić information content (AvgIpc) is 2.94. The number of carbonyl (C=O) groups is 1. The van der Waals surface area contributed by atoms with Gasteiger partial charge in [0, 0.05) is 12.1 Å². The van der Waals surface area contributed by atoms with Crippen molar-refractivity contribution in [3.8, 4) is 0 Å². The number of nitrogens with one attached hydrogen (secondary N) is 1. The number of hydrogen-bond donors (Lipinski definition) is 1. The van der Waals surface area contributed by atoms with Crippen LogP contribution in [0, 0.1) is 0 Å². The van der Waals surface area contributed by atoms with Crippen LogP contribution in [-0.4, -0.2) is 15.7 Å². The molecule has 0 aliphatic carbocycles. The summed E-state index contributed by atoms with van der Waals surface area (Å²) in [7, 11) is 0. The van der Waals surface area contributed by atoms with Crippen molar-refractivity contribution in [3.05, 3.63) is 47.7 Å². The van der Waals surface area contributed by atoms with Crippen molar-refractivity contribution in [2.75, 3.05) is 5.32 Å². The third-order valence-electron chi connectivity index (χ3n) is 3.63. The van der Waals surface area contributed by atoms with E-state index in [1.807, 2.05) is 36.7 Å². The summed E-state index contributed by atoms with van der Waals surface area (Å²) in [6, 6.07) is 10.4. The van der Waals surface area contributed by atoms with Gasteiger partial charge in [-0.3, -0.25) is 4.79 Å². The second kappa shape index (κ2) is 7.78. The second-order valence-corrected chi connectivity index (χ2v) is 5.90. The lowest BCUT2D eigenvalue weighted by molar-refractivity contribution is -0.115. The lowest BCUT2D eigenvalue weighted by Crippen LogP contribution is -2.18. The van der Waals surface area contributed by atoms with Crippen molar-refractivity contribution in [1.29, 1.82) is 0 Å². The van der Waals surface area contributed by atoms with Crippen LogP contribution in [0.3, 0.4) is 0 Å². The molecule has 0 aliphatic heterocycles. The summed E-state index contributed by atoms with van der Waals surface area (Å²) in [4.78, 5) is 12.2. The Morgan fingerprint density at radius 1 is 1.18 bits per heavy atom. The van der Waals surface area contributed by atoms with Gasteiger partial charge in [0.2, 0.25) is 5.91 Å². The van der Waals surface area contributed by atoms with E-state index in [1.54, 1.807) is 6.20 Å². The van der Waals surface area contributed by atoms with Crippen LogP contribution in [0.1, 0.15) is 50.8 Å². The van der Waals surface area contributed by atoms with Gasteiger partial charge in [0.25, 0.3) is 0 Å². The van der Waals surface area contributed by atoms with E-state index in [1.165, 1.54) is 18.4 Å². The highest BCUT2D eigenvalue weighted by Gasteiger charge is 2.10. The summed E-state index contributed by atoms with van der Waals surface area (Å²) in [5, 5.41) is 7.15. The van der Waals surface area contributed by atoms with E-state index in [4.69, 9.17) is 0 Å². The highest BCUT2D eigenvalue weighted by molar-refractivity contribution is 5.91. The van der Waals surface area contributed by atoms with Crippen molar-refractivity contribution in [1.82, 2.24) is 9.78 Å². The SMILES string of the molecule is CCCCc1ccc(CC(=O)Nc2ccnn2C(C)C)cc1. The summed E-state index contributed by atoms with van der Waals surface area (Å²) < 4.78 is 1.81. The number of hydrogen-bond acceptors (Lipinski definition) is 2. The Labute approximate surface area is 132 Å². The largest absolute Gasteiger partial charge is 0.311 e. The molecule has 0 saturated heterocycles. The Morgan fingerprint density at radius 2 is 1.86 bits per heavy atom. The molecule has 1 aromatic heterocycles. The number of rotatable bonds is 7. The maximum Gasteiger partial charge on any atom is 0.229 e. The number of unbranched alkanes of at least 4 members (excludes halogenated alkanes) is 1. The highest BCUT2D eigenvalue weighted by Crippen LogP contribution is 2.14. The van der Waals surface area contributed by atoms with E-state index in [-0.39, 0.29) is 11.9 Å². The molecule has 0 spiro atoms. The highest BCUT2D eigenvalue weighted by atomic mass is 16.1. The van der Waals surface area contributed by atoms with E-state index < -0.39 is 0 Å². The van der Waals surface area contributed by atoms with E-state index in [0.717, 1.165) is 17.8 Å². The molecule has 118 valence electrons. The second-order valence-electron chi connectivity index (χ2n) is 5.90. The minimum absolute atomic E-state index is 0.0105.